The number of nitrogens with one attached hydrogen (secondary N) is 1. The first-order chi connectivity index (χ1) is 15.6. The Morgan fingerprint density at radius 1 is 1.03 bits per heavy atom. The summed E-state index contributed by atoms with van der Waals surface area (Å²) in [6.45, 7) is 5.67. The summed E-state index contributed by atoms with van der Waals surface area (Å²) in [5.41, 5.74) is 2.71. The molecule has 1 N–H and O–H groups in total. The number of aryl methyl sites for hydroxylation is 2. The van der Waals surface area contributed by atoms with Crippen LogP contribution in [0.4, 0.5) is 5.69 Å². The summed E-state index contributed by atoms with van der Waals surface area (Å²) in [7, 11) is -7.73. The molecule has 1 atom stereocenters. The lowest BCUT2D eigenvalue weighted by molar-refractivity contribution is -0.116. The number of carbonyl (C=O) groups excluding carboxylic acids is 1. The van der Waals surface area contributed by atoms with Crippen molar-refractivity contribution in [3.63, 3.8) is 0 Å². The van der Waals surface area contributed by atoms with Crippen molar-refractivity contribution < 1.29 is 21.6 Å². The van der Waals surface area contributed by atoms with Crippen molar-refractivity contribution >= 4 is 31.6 Å². The number of amides is 1. The van der Waals surface area contributed by atoms with Crippen molar-refractivity contribution in [3.8, 4) is 0 Å². The summed E-state index contributed by atoms with van der Waals surface area (Å²) >= 11 is 0. The fourth-order valence-corrected chi connectivity index (χ4v) is 7.19. The zero-order valence-electron chi connectivity index (χ0n) is 18.8. The van der Waals surface area contributed by atoms with Gasteiger partial charge in [-0.2, -0.15) is 0 Å². The van der Waals surface area contributed by atoms with Gasteiger partial charge in [0.2, 0.25) is 26.0 Å². The summed E-state index contributed by atoms with van der Waals surface area (Å²) in [4.78, 5) is 14.4. The van der Waals surface area contributed by atoms with Gasteiger partial charge in [-0.15, -0.1) is 0 Å². The third-order valence-electron chi connectivity index (χ3n) is 6.28. The van der Waals surface area contributed by atoms with Gasteiger partial charge in [-0.3, -0.25) is 9.69 Å². The Bertz CT molecular complexity index is 1250. The first-order valence-electron chi connectivity index (χ1n) is 11.1. The van der Waals surface area contributed by atoms with E-state index in [1.54, 1.807) is 6.92 Å². The fraction of sp³-hybridized carbons (Fsp3) is 0.435. The molecule has 0 spiro atoms. The second-order valence-electron chi connectivity index (χ2n) is 8.70. The number of hydrogen-bond donors (Lipinski definition) is 1. The Balaban J connectivity index is 1.61. The van der Waals surface area contributed by atoms with Gasteiger partial charge in [0.05, 0.1) is 16.3 Å². The molecule has 0 bridgehead atoms. The van der Waals surface area contributed by atoms with Crippen LogP contribution in [0.25, 0.3) is 0 Å². The number of hydrogen-bond acceptors (Lipinski definition) is 6. The number of carbonyl (C=O) groups is 1. The van der Waals surface area contributed by atoms with Crippen molar-refractivity contribution in [2.24, 2.45) is 0 Å². The van der Waals surface area contributed by atoms with Gasteiger partial charge in [-0.05, 0) is 63.0 Å². The van der Waals surface area contributed by atoms with E-state index < -0.39 is 26.0 Å². The molecule has 2 aromatic rings. The van der Waals surface area contributed by atoms with Gasteiger partial charge in [0, 0.05) is 19.0 Å². The number of sulfonamides is 2. The summed E-state index contributed by atoms with van der Waals surface area (Å²) in [5.74, 6) is -0.822. The van der Waals surface area contributed by atoms with E-state index in [-0.39, 0.29) is 35.3 Å². The average Bonchev–Trinajstić information content (AvgIpc) is 3.38. The van der Waals surface area contributed by atoms with Gasteiger partial charge in [-0.25, -0.2) is 25.9 Å². The molecule has 2 aliphatic heterocycles. The molecule has 8 nitrogen and oxygen atoms in total. The summed E-state index contributed by atoms with van der Waals surface area (Å²) < 4.78 is 54.6. The summed E-state index contributed by atoms with van der Waals surface area (Å²) in [5, 5.41) is 0. The molecule has 1 unspecified atom stereocenters. The minimum absolute atomic E-state index is 0.0287. The quantitative estimate of drug-likeness (QED) is 0.638. The third kappa shape index (κ3) is 4.98. The molecule has 0 saturated carbocycles. The van der Waals surface area contributed by atoms with Gasteiger partial charge >= 0.3 is 0 Å². The molecular weight excluding hydrogens is 462 g/mol. The zero-order chi connectivity index (χ0) is 23.8. The van der Waals surface area contributed by atoms with Crippen LogP contribution < -0.4 is 9.03 Å². The highest BCUT2D eigenvalue weighted by Gasteiger charge is 2.37. The highest BCUT2D eigenvalue weighted by molar-refractivity contribution is 7.94. The molecule has 2 aromatic carbocycles. The minimum Gasteiger partial charge on any atom is -0.295 e. The van der Waals surface area contributed by atoms with Crippen molar-refractivity contribution in [2.75, 3.05) is 29.7 Å². The van der Waals surface area contributed by atoms with Gasteiger partial charge in [0.15, 0.2) is 0 Å². The van der Waals surface area contributed by atoms with Crippen molar-refractivity contribution in [1.29, 1.82) is 0 Å². The van der Waals surface area contributed by atoms with Crippen LogP contribution in [0.15, 0.2) is 47.4 Å². The number of anilines is 1. The topological polar surface area (TPSA) is 104 Å². The van der Waals surface area contributed by atoms with E-state index in [9.17, 15) is 21.6 Å². The van der Waals surface area contributed by atoms with E-state index in [1.165, 1.54) is 18.2 Å². The Labute approximate surface area is 195 Å². The van der Waals surface area contributed by atoms with Crippen LogP contribution in [-0.2, 0) is 24.8 Å². The largest absolute Gasteiger partial charge is 0.295 e. The van der Waals surface area contributed by atoms with Crippen LogP contribution in [0.2, 0.25) is 0 Å². The lowest BCUT2D eigenvalue weighted by Crippen LogP contribution is -2.37. The molecule has 2 saturated heterocycles. The fourth-order valence-electron chi connectivity index (χ4n) is 4.44. The highest BCUT2D eigenvalue weighted by atomic mass is 32.2. The molecule has 0 aromatic heterocycles. The number of rotatable bonds is 7. The van der Waals surface area contributed by atoms with E-state index in [4.69, 9.17) is 0 Å². The molecule has 0 aliphatic carbocycles. The normalized spacial score (nSPS) is 19.8. The second-order valence-corrected chi connectivity index (χ2v) is 12.4. The van der Waals surface area contributed by atoms with Gasteiger partial charge in [-0.1, -0.05) is 35.9 Å². The van der Waals surface area contributed by atoms with E-state index in [0.29, 0.717) is 9.87 Å². The van der Waals surface area contributed by atoms with Crippen LogP contribution in [0.3, 0.4) is 0 Å². The lowest BCUT2D eigenvalue weighted by Gasteiger charge is -2.28. The first-order valence-corrected chi connectivity index (χ1v) is 14.1. The molecule has 2 aliphatic rings. The van der Waals surface area contributed by atoms with Crippen LogP contribution in [0, 0.1) is 13.8 Å². The average molecular weight is 492 g/mol. The molecule has 4 rings (SSSR count). The van der Waals surface area contributed by atoms with E-state index in [2.05, 4.69) is 9.62 Å². The summed E-state index contributed by atoms with van der Waals surface area (Å²) in [6.07, 6.45) is 2.05. The monoisotopic (exact) mass is 491 g/mol. The van der Waals surface area contributed by atoms with Crippen LogP contribution >= 0.6 is 0 Å². The molecule has 178 valence electrons. The van der Waals surface area contributed by atoms with Crippen molar-refractivity contribution in [3.05, 3.63) is 59.2 Å². The Kier molecular flexibility index (Phi) is 6.63. The Hall–Kier alpha value is -2.27. The van der Waals surface area contributed by atoms with E-state index >= 15 is 0 Å². The molecule has 2 fully saturated rings. The van der Waals surface area contributed by atoms with E-state index in [0.717, 1.165) is 37.1 Å². The third-order valence-corrected chi connectivity index (χ3v) is 9.54. The maximum Gasteiger partial charge on any atom is 0.242 e. The zero-order valence-corrected chi connectivity index (χ0v) is 20.5. The first kappa shape index (κ1) is 23.9. The summed E-state index contributed by atoms with van der Waals surface area (Å²) in [6, 6.07) is 12.3. The molecule has 1 amide bonds. The maximum atomic E-state index is 13.3. The molecule has 10 heteroatoms. The molecule has 33 heavy (non-hydrogen) atoms. The van der Waals surface area contributed by atoms with Crippen LogP contribution in [-0.4, -0.2) is 53.0 Å². The SMILES string of the molecule is Cc1ccc(C(CNS(=O)(=O)c2cc(N3C(=O)CCS3(=O)=O)ccc2C)N2CCCC2)cc1. The Morgan fingerprint density at radius 2 is 1.70 bits per heavy atom. The van der Waals surface area contributed by atoms with E-state index in [1.807, 2.05) is 31.2 Å². The standard InChI is InChI=1S/C23H29N3O5S2/c1-17-5-8-19(9-6-17)21(25-12-3-4-13-25)16-24-33(30,31)22-15-20(10-7-18(22)2)26-23(27)11-14-32(26,28)29/h5-10,15,21,24H,3-4,11-14,16H2,1-2H3. The molecular formula is C23H29N3O5S2. The molecule has 0 radical (unpaired) electrons. The number of nitrogens with zero attached hydrogens (tertiary/aromatic N) is 2. The minimum atomic E-state index is -3.95. The van der Waals surface area contributed by atoms with Crippen molar-refractivity contribution in [2.45, 2.75) is 44.0 Å². The van der Waals surface area contributed by atoms with Gasteiger partial charge < -0.3 is 0 Å². The van der Waals surface area contributed by atoms with Crippen LogP contribution in [0.1, 0.15) is 42.0 Å². The predicted molar refractivity (Wildman–Crippen MR) is 127 cm³/mol. The maximum absolute atomic E-state index is 13.3. The van der Waals surface area contributed by atoms with Crippen LogP contribution in [0.5, 0.6) is 0 Å². The van der Waals surface area contributed by atoms with Crippen molar-refractivity contribution in [1.82, 2.24) is 9.62 Å². The lowest BCUT2D eigenvalue weighted by atomic mass is 10.0. The predicted octanol–water partition coefficient (Wildman–Crippen LogP) is 2.49. The molecule has 2 heterocycles. The number of likely N-dealkylation sites (tertiary alicyclic amines) is 1. The highest BCUT2D eigenvalue weighted by Crippen LogP contribution is 2.30. The second kappa shape index (κ2) is 9.17. The Morgan fingerprint density at radius 3 is 2.30 bits per heavy atom. The number of benzene rings is 2. The smallest absolute Gasteiger partial charge is 0.242 e. The van der Waals surface area contributed by atoms with Gasteiger partial charge in [0.1, 0.15) is 0 Å². The van der Waals surface area contributed by atoms with Gasteiger partial charge in [0.25, 0.3) is 0 Å².